The highest BCUT2D eigenvalue weighted by molar-refractivity contribution is 6.30. The van der Waals surface area contributed by atoms with E-state index in [9.17, 15) is 5.11 Å². The van der Waals surface area contributed by atoms with E-state index in [1.54, 1.807) is 0 Å². The largest absolute Gasteiger partial charge is 0.376 e. The Hall–Kier alpha value is -3.07. The minimum absolute atomic E-state index is 0.598. The van der Waals surface area contributed by atoms with Crippen molar-refractivity contribution in [2.75, 3.05) is 4.90 Å². The third-order valence-electron chi connectivity index (χ3n) is 5.33. The molecule has 1 atom stereocenters. The van der Waals surface area contributed by atoms with Gasteiger partial charge in [-0.1, -0.05) is 78.3 Å². The highest BCUT2D eigenvalue weighted by Gasteiger charge is 2.43. The maximum atomic E-state index is 12.2. The van der Waals surface area contributed by atoms with Crippen LogP contribution in [-0.4, -0.2) is 5.11 Å². The van der Waals surface area contributed by atoms with Gasteiger partial charge in [-0.3, -0.25) is 0 Å². The Kier molecular flexibility index (Phi) is 3.97. The second kappa shape index (κ2) is 6.52. The van der Waals surface area contributed by atoms with Crippen LogP contribution < -0.4 is 4.90 Å². The lowest BCUT2D eigenvalue weighted by molar-refractivity contribution is 0.125. The lowest BCUT2D eigenvalue weighted by Crippen LogP contribution is -2.36. The summed E-state index contributed by atoms with van der Waals surface area (Å²) in [7, 11) is 0. The minimum Gasteiger partial charge on any atom is -0.376 e. The van der Waals surface area contributed by atoms with Crippen molar-refractivity contribution < 1.29 is 5.11 Å². The van der Waals surface area contributed by atoms with Gasteiger partial charge in [0.25, 0.3) is 0 Å². The molecule has 1 aliphatic heterocycles. The number of rotatable bonds is 2. The van der Waals surface area contributed by atoms with E-state index >= 15 is 0 Å². The van der Waals surface area contributed by atoms with Gasteiger partial charge in [0.1, 0.15) is 5.60 Å². The molecule has 0 aromatic heterocycles. The molecule has 0 saturated heterocycles. The SMILES string of the molecule is O[C@]1(c2ccccc2)c2ccccc2N(c2ccccc2)c2ccc(Cl)cc21. The third kappa shape index (κ3) is 2.46. The Morgan fingerprint density at radius 2 is 1.25 bits per heavy atom. The van der Waals surface area contributed by atoms with Crippen LogP contribution in [0.4, 0.5) is 17.1 Å². The van der Waals surface area contributed by atoms with E-state index in [-0.39, 0.29) is 0 Å². The molecule has 0 aliphatic carbocycles. The summed E-state index contributed by atoms with van der Waals surface area (Å²) in [4.78, 5) is 2.18. The molecule has 0 unspecified atom stereocenters. The quantitative estimate of drug-likeness (QED) is 0.432. The maximum absolute atomic E-state index is 12.2. The monoisotopic (exact) mass is 383 g/mol. The van der Waals surface area contributed by atoms with Crippen molar-refractivity contribution in [3.8, 4) is 0 Å². The highest BCUT2D eigenvalue weighted by Crippen LogP contribution is 2.53. The molecule has 0 radical (unpaired) electrons. The summed E-state index contributed by atoms with van der Waals surface area (Å²) < 4.78 is 0. The summed E-state index contributed by atoms with van der Waals surface area (Å²) in [5.74, 6) is 0. The third-order valence-corrected chi connectivity index (χ3v) is 5.57. The highest BCUT2D eigenvalue weighted by atomic mass is 35.5. The number of halogens is 1. The fourth-order valence-electron chi connectivity index (χ4n) is 4.09. The fourth-order valence-corrected chi connectivity index (χ4v) is 4.26. The van der Waals surface area contributed by atoms with Crippen LogP contribution in [0, 0.1) is 0 Å². The van der Waals surface area contributed by atoms with Crippen LogP contribution in [0.3, 0.4) is 0 Å². The van der Waals surface area contributed by atoms with Crippen LogP contribution in [0.5, 0.6) is 0 Å². The molecule has 1 N–H and O–H groups in total. The van der Waals surface area contributed by atoms with Gasteiger partial charge in [-0.05, 0) is 42.0 Å². The molecule has 3 heteroatoms. The van der Waals surface area contributed by atoms with Crippen molar-refractivity contribution in [3.63, 3.8) is 0 Å². The summed E-state index contributed by atoms with van der Waals surface area (Å²) >= 11 is 6.38. The summed E-state index contributed by atoms with van der Waals surface area (Å²) in [6.07, 6.45) is 0. The van der Waals surface area contributed by atoms with Crippen molar-refractivity contribution in [2.24, 2.45) is 0 Å². The Morgan fingerprint density at radius 3 is 2.00 bits per heavy atom. The summed E-state index contributed by atoms with van der Waals surface area (Å²) in [6.45, 7) is 0. The lowest BCUT2D eigenvalue weighted by Gasteiger charge is -2.43. The van der Waals surface area contributed by atoms with Gasteiger partial charge in [-0.2, -0.15) is 0 Å². The van der Waals surface area contributed by atoms with Crippen molar-refractivity contribution in [1.29, 1.82) is 0 Å². The average molecular weight is 384 g/mol. The molecule has 0 bridgehead atoms. The zero-order valence-electron chi connectivity index (χ0n) is 15.1. The maximum Gasteiger partial charge on any atom is 0.144 e. The van der Waals surface area contributed by atoms with Gasteiger partial charge in [0.2, 0.25) is 0 Å². The van der Waals surface area contributed by atoms with Gasteiger partial charge in [-0.25, -0.2) is 0 Å². The van der Waals surface area contributed by atoms with Crippen LogP contribution in [-0.2, 0) is 5.60 Å². The fraction of sp³-hybridized carbons (Fsp3) is 0.0400. The number of nitrogens with zero attached hydrogens (tertiary/aromatic N) is 1. The molecule has 5 rings (SSSR count). The standard InChI is InChI=1S/C25H18ClNO/c26-19-15-16-24-22(17-19)25(28,18-9-3-1-4-10-18)21-13-7-8-14-23(21)27(24)20-11-5-2-6-12-20/h1-17,28H/t25-/m1/s1. The Bertz CT molecular complexity index is 1140. The molecule has 0 fully saturated rings. The molecule has 4 aromatic carbocycles. The van der Waals surface area contributed by atoms with E-state index < -0.39 is 5.60 Å². The van der Waals surface area contributed by atoms with Gasteiger partial charge in [0.05, 0.1) is 11.4 Å². The zero-order chi connectivity index (χ0) is 19.1. The van der Waals surface area contributed by atoms with Crippen molar-refractivity contribution in [3.05, 3.63) is 125 Å². The number of hydrogen-bond donors (Lipinski definition) is 1. The predicted molar refractivity (Wildman–Crippen MR) is 115 cm³/mol. The molecular weight excluding hydrogens is 366 g/mol. The number of benzene rings is 4. The van der Waals surface area contributed by atoms with Crippen LogP contribution in [0.1, 0.15) is 16.7 Å². The number of hydrogen-bond acceptors (Lipinski definition) is 2. The van der Waals surface area contributed by atoms with E-state index in [4.69, 9.17) is 11.6 Å². The van der Waals surface area contributed by atoms with E-state index in [1.807, 2.05) is 91.0 Å². The van der Waals surface area contributed by atoms with Gasteiger partial charge in [0, 0.05) is 21.8 Å². The smallest absolute Gasteiger partial charge is 0.144 e. The van der Waals surface area contributed by atoms with Gasteiger partial charge in [-0.15, -0.1) is 0 Å². The molecule has 136 valence electrons. The number of anilines is 3. The van der Waals surface area contributed by atoms with Crippen molar-refractivity contribution in [1.82, 2.24) is 0 Å². The van der Waals surface area contributed by atoms with Gasteiger partial charge < -0.3 is 10.0 Å². The van der Waals surface area contributed by atoms with Crippen LogP contribution in [0.25, 0.3) is 0 Å². The average Bonchev–Trinajstić information content (AvgIpc) is 2.76. The Labute approximate surface area is 169 Å². The first-order chi connectivity index (χ1) is 13.7. The van der Waals surface area contributed by atoms with Crippen LogP contribution in [0.15, 0.2) is 103 Å². The second-order valence-corrected chi connectivity index (χ2v) is 7.36. The van der Waals surface area contributed by atoms with E-state index in [1.165, 1.54) is 0 Å². The molecule has 0 spiro atoms. The molecule has 0 saturated carbocycles. The number of fused-ring (bicyclic) bond motifs is 2. The van der Waals surface area contributed by atoms with E-state index in [2.05, 4.69) is 17.0 Å². The Morgan fingerprint density at radius 1 is 0.643 bits per heavy atom. The topological polar surface area (TPSA) is 23.5 Å². The summed E-state index contributed by atoms with van der Waals surface area (Å²) in [5.41, 5.74) is 4.04. The van der Waals surface area contributed by atoms with Crippen molar-refractivity contribution >= 4 is 28.7 Å². The van der Waals surface area contributed by atoms with E-state index in [0.29, 0.717) is 5.02 Å². The molecular formula is C25H18ClNO. The minimum atomic E-state index is -1.29. The molecule has 1 heterocycles. The molecule has 4 aromatic rings. The van der Waals surface area contributed by atoms with Gasteiger partial charge in [0.15, 0.2) is 0 Å². The summed E-state index contributed by atoms with van der Waals surface area (Å²) in [6, 6.07) is 33.7. The first kappa shape index (κ1) is 17.1. The lowest BCUT2D eigenvalue weighted by atomic mass is 9.76. The first-order valence-corrected chi connectivity index (χ1v) is 9.60. The Balaban J connectivity index is 1.88. The summed E-state index contributed by atoms with van der Waals surface area (Å²) in [5, 5.41) is 12.7. The van der Waals surface area contributed by atoms with Crippen molar-refractivity contribution in [2.45, 2.75) is 5.60 Å². The molecule has 0 amide bonds. The number of aliphatic hydroxyl groups is 1. The van der Waals surface area contributed by atoms with Gasteiger partial charge >= 0.3 is 0 Å². The molecule has 2 nitrogen and oxygen atoms in total. The number of para-hydroxylation sites is 2. The predicted octanol–water partition coefficient (Wildman–Crippen LogP) is 6.41. The first-order valence-electron chi connectivity index (χ1n) is 9.22. The van der Waals surface area contributed by atoms with Crippen LogP contribution in [0.2, 0.25) is 5.02 Å². The normalized spacial score (nSPS) is 17.7. The van der Waals surface area contributed by atoms with E-state index in [0.717, 1.165) is 33.8 Å². The zero-order valence-corrected chi connectivity index (χ0v) is 15.8. The molecule has 28 heavy (non-hydrogen) atoms. The molecule has 1 aliphatic rings. The van der Waals surface area contributed by atoms with Crippen LogP contribution >= 0.6 is 11.6 Å². The second-order valence-electron chi connectivity index (χ2n) is 6.93.